The summed E-state index contributed by atoms with van der Waals surface area (Å²) in [4.78, 5) is 3.58. The van der Waals surface area contributed by atoms with Gasteiger partial charge in [0.15, 0.2) is 5.82 Å². The molecule has 2 aromatic heterocycles. The molecule has 2 rings (SSSR count). The summed E-state index contributed by atoms with van der Waals surface area (Å²) < 4.78 is 39.4. The number of rotatable bonds is 1. The number of alkyl halides is 3. The third-order valence-electron chi connectivity index (χ3n) is 2.27. The first-order valence-corrected chi connectivity index (χ1v) is 5.19. The Kier molecular flexibility index (Phi) is 3.08. The van der Waals surface area contributed by atoms with Crippen LogP contribution in [0.25, 0.3) is 5.82 Å². The Labute approximate surface area is 110 Å². The van der Waals surface area contributed by atoms with Crippen LogP contribution in [0.3, 0.4) is 0 Å². The van der Waals surface area contributed by atoms with Gasteiger partial charge in [0.05, 0.1) is 11.2 Å². The quantitative estimate of drug-likeness (QED) is 0.873. The van der Waals surface area contributed by atoms with Gasteiger partial charge in [-0.15, -0.1) is 0 Å². The number of nitrogen functional groups attached to an aromatic ring is 1. The Morgan fingerprint density at radius 2 is 2.05 bits per heavy atom. The lowest BCUT2D eigenvalue weighted by Crippen LogP contribution is -2.14. The van der Waals surface area contributed by atoms with Gasteiger partial charge in [0.25, 0.3) is 0 Å². The van der Waals surface area contributed by atoms with Crippen LogP contribution in [0.1, 0.15) is 11.1 Å². The zero-order valence-electron chi connectivity index (χ0n) is 9.11. The van der Waals surface area contributed by atoms with E-state index in [0.717, 1.165) is 23.1 Å². The number of halogens is 4. The average molecular weight is 288 g/mol. The van der Waals surface area contributed by atoms with Gasteiger partial charge in [-0.05, 0) is 6.07 Å². The first kappa shape index (κ1) is 13.2. The summed E-state index contributed by atoms with van der Waals surface area (Å²) in [6.45, 7) is 0. The topological polar surface area (TPSA) is 80.5 Å². The van der Waals surface area contributed by atoms with Crippen LogP contribution in [0, 0.1) is 11.3 Å². The molecular formula is C10H5ClF3N5. The van der Waals surface area contributed by atoms with Gasteiger partial charge in [0.2, 0.25) is 0 Å². The first-order chi connectivity index (χ1) is 8.84. The largest absolute Gasteiger partial charge is 0.420 e. The summed E-state index contributed by atoms with van der Waals surface area (Å²) in [5.74, 6) is -0.751. The van der Waals surface area contributed by atoms with Crippen molar-refractivity contribution in [2.24, 2.45) is 0 Å². The van der Waals surface area contributed by atoms with Crippen LogP contribution in [-0.2, 0) is 6.18 Å². The van der Waals surface area contributed by atoms with Gasteiger partial charge in [0.1, 0.15) is 23.0 Å². The van der Waals surface area contributed by atoms with E-state index in [1.165, 1.54) is 0 Å². The van der Waals surface area contributed by atoms with Crippen LogP contribution < -0.4 is 5.73 Å². The fraction of sp³-hybridized carbons (Fsp3) is 0.100. The molecule has 5 nitrogen and oxygen atoms in total. The third kappa shape index (κ3) is 2.32. The van der Waals surface area contributed by atoms with E-state index < -0.39 is 17.6 Å². The number of nitriles is 1. The molecular weight excluding hydrogens is 283 g/mol. The van der Waals surface area contributed by atoms with Gasteiger partial charge >= 0.3 is 6.18 Å². The van der Waals surface area contributed by atoms with Crippen LogP contribution >= 0.6 is 11.6 Å². The molecule has 0 radical (unpaired) electrons. The lowest BCUT2D eigenvalue weighted by Gasteiger charge is -2.12. The van der Waals surface area contributed by atoms with Crippen LogP contribution in [0.5, 0.6) is 0 Å². The molecule has 0 atom stereocenters. The fourth-order valence-electron chi connectivity index (χ4n) is 1.42. The van der Waals surface area contributed by atoms with E-state index >= 15 is 0 Å². The molecule has 0 aliphatic carbocycles. The normalized spacial score (nSPS) is 11.3. The van der Waals surface area contributed by atoms with Crippen molar-refractivity contribution in [2.45, 2.75) is 6.18 Å². The summed E-state index contributed by atoms with van der Waals surface area (Å²) in [6.07, 6.45) is -2.57. The maximum Gasteiger partial charge on any atom is 0.420 e. The number of anilines is 1. The smallest absolute Gasteiger partial charge is 0.382 e. The summed E-state index contributed by atoms with van der Waals surface area (Å²) >= 11 is 5.51. The van der Waals surface area contributed by atoms with Crippen molar-refractivity contribution in [3.8, 4) is 11.9 Å². The highest BCUT2D eigenvalue weighted by atomic mass is 35.5. The van der Waals surface area contributed by atoms with Crippen LogP contribution in [0.4, 0.5) is 19.0 Å². The number of nitrogens with two attached hydrogens (primary N) is 1. The minimum Gasteiger partial charge on any atom is -0.382 e. The minimum atomic E-state index is -4.67. The van der Waals surface area contributed by atoms with E-state index in [1.54, 1.807) is 6.07 Å². The molecule has 0 fully saturated rings. The van der Waals surface area contributed by atoms with Gasteiger partial charge < -0.3 is 5.73 Å². The van der Waals surface area contributed by atoms with Gasteiger partial charge in [-0.25, -0.2) is 4.98 Å². The number of aromatic nitrogens is 3. The van der Waals surface area contributed by atoms with Gasteiger partial charge in [-0.1, -0.05) is 11.6 Å². The van der Waals surface area contributed by atoms with E-state index in [-0.39, 0.29) is 16.4 Å². The van der Waals surface area contributed by atoms with Gasteiger partial charge in [-0.2, -0.15) is 28.2 Å². The molecule has 0 aliphatic rings. The zero-order chi connectivity index (χ0) is 14.2. The summed E-state index contributed by atoms with van der Waals surface area (Å²) in [6, 6.07) is 2.43. The SMILES string of the molecule is N#Cc1cnn(-c2ncc(Cl)cc2C(F)(F)F)c1N. The van der Waals surface area contributed by atoms with Crippen LogP contribution in [0.2, 0.25) is 5.02 Å². The Morgan fingerprint density at radius 3 is 2.58 bits per heavy atom. The molecule has 19 heavy (non-hydrogen) atoms. The van der Waals surface area contributed by atoms with Crippen molar-refractivity contribution in [3.63, 3.8) is 0 Å². The van der Waals surface area contributed by atoms with Crippen molar-refractivity contribution >= 4 is 17.4 Å². The molecule has 98 valence electrons. The Bertz CT molecular complexity index is 671. The Hall–Kier alpha value is -2.27. The highest BCUT2D eigenvalue weighted by Gasteiger charge is 2.36. The maximum absolute atomic E-state index is 12.9. The van der Waals surface area contributed by atoms with Crippen LogP contribution in [-0.4, -0.2) is 14.8 Å². The van der Waals surface area contributed by atoms with E-state index in [1.807, 2.05) is 0 Å². The highest BCUT2D eigenvalue weighted by Crippen LogP contribution is 2.35. The van der Waals surface area contributed by atoms with Crippen molar-refractivity contribution in [2.75, 3.05) is 5.73 Å². The summed E-state index contributed by atoms with van der Waals surface area (Å²) in [5, 5.41) is 12.2. The second-order valence-corrected chi connectivity index (χ2v) is 3.93. The number of nitrogens with zero attached hydrogens (tertiary/aromatic N) is 4. The van der Waals surface area contributed by atoms with Crippen molar-refractivity contribution in [1.29, 1.82) is 5.26 Å². The first-order valence-electron chi connectivity index (χ1n) is 4.81. The molecule has 0 saturated carbocycles. The molecule has 2 heterocycles. The molecule has 0 saturated heterocycles. The zero-order valence-corrected chi connectivity index (χ0v) is 9.87. The predicted molar refractivity (Wildman–Crippen MR) is 60.5 cm³/mol. The van der Waals surface area contributed by atoms with E-state index in [2.05, 4.69) is 10.1 Å². The summed E-state index contributed by atoms with van der Waals surface area (Å²) in [5.41, 5.74) is 4.41. The second-order valence-electron chi connectivity index (χ2n) is 3.49. The van der Waals surface area contributed by atoms with Crippen LogP contribution in [0.15, 0.2) is 18.5 Å². The standard InChI is InChI=1S/C10H5ClF3N5/c11-6-1-7(10(12,13)14)9(17-4-6)19-8(16)5(2-15)3-18-19/h1,3-4H,16H2. The van der Waals surface area contributed by atoms with Crippen molar-refractivity contribution < 1.29 is 13.2 Å². The van der Waals surface area contributed by atoms with E-state index in [0.29, 0.717) is 0 Å². The molecule has 9 heteroatoms. The molecule has 0 amide bonds. The summed E-state index contributed by atoms with van der Waals surface area (Å²) in [7, 11) is 0. The molecule has 0 aliphatic heterocycles. The monoisotopic (exact) mass is 287 g/mol. The molecule has 0 unspecified atom stereocenters. The van der Waals surface area contributed by atoms with Gasteiger partial charge in [0, 0.05) is 6.20 Å². The fourth-order valence-corrected chi connectivity index (χ4v) is 1.58. The molecule has 0 aromatic carbocycles. The van der Waals surface area contributed by atoms with E-state index in [4.69, 9.17) is 22.6 Å². The van der Waals surface area contributed by atoms with Crippen molar-refractivity contribution in [3.05, 3.63) is 34.6 Å². The lowest BCUT2D eigenvalue weighted by atomic mass is 10.2. The minimum absolute atomic E-state index is 0.0372. The Morgan fingerprint density at radius 1 is 1.37 bits per heavy atom. The van der Waals surface area contributed by atoms with E-state index in [9.17, 15) is 13.2 Å². The van der Waals surface area contributed by atoms with Gasteiger partial charge in [-0.3, -0.25) is 0 Å². The lowest BCUT2D eigenvalue weighted by molar-refractivity contribution is -0.137. The number of pyridine rings is 1. The average Bonchev–Trinajstić information content (AvgIpc) is 2.69. The number of hydrogen-bond acceptors (Lipinski definition) is 4. The Balaban J connectivity index is 2.69. The predicted octanol–water partition coefficient (Wildman–Crippen LogP) is 2.39. The number of hydrogen-bond donors (Lipinski definition) is 1. The maximum atomic E-state index is 12.9. The molecule has 2 N–H and O–H groups in total. The van der Waals surface area contributed by atoms with Crippen molar-refractivity contribution in [1.82, 2.24) is 14.8 Å². The second kappa shape index (κ2) is 4.44. The molecule has 0 spiro atoms. The molecule has 2 aromatic rings. The highest BCUT2D eigenvalue weighted by molar-refractivity contribution is 6.30. The third-order valence-corrected chi connectivity index (χ3v) is 2.47. The molecule has 0 bridgehead atoms.